The Morgan fingerprint density at radius 2 is 1.90 bits per heavy atom. The minimum Gasteiger partial charge on any atom is -0.321 e. The first-order valence-corrected chi connectivity index (χ1v) is 10.1. The van der Waals surface area contributed by atoms with E-state index in [1.807, 2.05) is 6.07 Å². The number of piperidine rings is 1. The third kappa shape index (κ3) is 5.91. The normalized spacial score (nSPS) is 17.7. The molecular weight excluding hydrogens is 407 g/mol. The predicted octanol–water partition coefficient (Wildman–Crippen LogP) is 4.12. The number of carbonyl (C=O) groups excluding carboxylic acids is 2. The number of hydrogen-bond acceptors (Lipinski definition) is 4. The van der Waals surface area contributed by atoms with Gasteiger partial charge in [-0.2, -0.15) is 5.26 Å². The zero-order valence-corrected chi connectivity index (χ0v) is 16.9. The molecule has 0 radical (unpaired) electrons. The molecule has 1 aromatic carbocycles. The van der Waals surface area contributed by atoms with Gasteiger partial charge in [-0.3, -0.25) is 14.6 Å². The van der Waals surface area contributed by atoms with Gasteiger partial charge in [-0.05, 0) is 48.6 Å². The molecule has 1 aromatic heterocycles. The topological polar surface area (TPSA) is 74.1 Å². The molecule has 162 valence electrons. The quantitative estimate of drug-likeness (QED) is 0.621. The van der Waals surface area contributed by atoms with Crippen LogP contribution in [0.4, 0.5) is 13.2 Å². The summed E-state index contributed by atoms with van der Waals surface area (Å²) >= 11 is 0. The lowest BCUT2D eigenvalue weighted by Gasteiger charge is -2.36. The number of amides is 1. The summed E-state index contributed by atoms with van der Waals surface area (Å²) in [5, 5.41) is 9.16. The van der Waals surface area contributed by atoms with Crippen LogP contribution in [0, 0.1) is 17.1 Å². The number of rotatable bonds is 7. The molecule has 0 bridgehead atoms. The van der Waals surface area contributed by atoms with E-state index in [1.165, 1.54) is 18.3 Å². The highest BCUT2D eigenvalue weighted by atomic mass is 19.3. The largest absolute Gasteiger partial charge is 0.321 e. The lowest BCUT2D eigenvalue weighted by atomic mass is 9.96. The zero-order chi connectivity index (χ0) is 22.4. The number of nitriles is 1. The van der Waals surface area contributed by atoms with E-state index in [0.717, 1.165) is 10.5 Å². The number of pyridine rings is 1. The van der Waals surface area contributed by atoms with Crippen LogP contribution in [0.15, 0.2) is 42.7 Å². The molecule has 2 heterocycles. The molecule has 3 rings (SSSR count). The van der Waals surface area contributed by atoms with E-state index in [0.29, 0.717) is 24.0 Å². The zero-order valence-electron chi connectivity index (χ0n) is 16.9. The van der Waals surface area contributed by atoms with Gasteiger partial charge >= 0.3 is 0 Å². The molecule has 1 amide bonds. The Morgan fingerprint density at radius 1 is 1.16 bits per heavy atom. The summed E-state index contributed by atoms with van der Waals surface area (Å²) in [6.07, 6.45) is 3.24. The number of nitrogens with zero attached hydrogens (tertiary/aromatic N) is 3. The number of halogens is 3. The molecule has 2 aromatic rings. The summed E-state index contributed by atoms with van der Waals surface area (Å²) in [7, 11) is 0. The van der Waals surface area contributed by atoms with Crippen LogP contribution >= 0.6 is 0 Å². The van der Waals surface area contributed by atoms with Crippen molar-refractivity contribution in [3.63, 3.8) is 0 Å². The second-order valence-electron chi connectivity index (χ2n) is 7.64. The van der Waals surface area contributed by atoms with Crippen molar-refractivity contribution in [3.05, 3.63) is 65.2 Å². The van der Waals surface area contributed by atoms with Gasteiger partial charge in [0.25, 0.3) is 5.92 Å². The molecule has 1 aliphatic rings. The Balaban J connectivity index is 1.62. The van der Waals surface area contributed by atoms with Gasteiger partial charge in [-0.15, -0.1) is 0 Å². The summed E-state index contributed by atoms with van der Waals surface area (Å²) in [4.78, 5) is 30.1. The second kappa shape index (κ2) is 9.73. The van der Waals surface area contributed by atoms with Crippen LogP contribution in [0.1, 0.15) is 47.2 Å². The number of alkyl halides is 2. The van der Waals surface area contributed by atoms with Gasteiger partial charge in [0, 0.05) is 37.2 Å². The first-order chi connectivity index (χ1) is 14.8. The number of benzene rings is 1. The molecule has 0 aliphatic carbocycles. The van der Waals surface area contributed by atoms with Gasteiger partial charge in [-0.25, -0.2) is 13.2 Å². The van der Waals surface area contributed by atoms with Crippen molar-refractivity contribution >= 4 is 11.7 Å². The van der Waals surface area contributed by atoms with E-state index in [9.17, 15) is 22.8 Å². The van der Waals surface area contributed by atoms with Gasteiger partial charge in [0.05, 0.1) is 12.6 Å². The van der Waals surface area contributed by atoms with Crippen molar-refractivity contribution in [1.82, 2.24) is 9.88 Å². The van der Waals surface area contributed by atoms with Crippen LogP contribution in [0.5, 0.6) is 0 Å². The van der Waals surface area contributed by atoms with E-state index >= 15 is 0 Å². The number of aryl methyl sites for hydroxylation is 2. The first kappa shape index (κ1) is 22.5. The van der Waals surface area contributed by atoms with Crippen LogP contribution in [0.3, 0.4) is 0 Å². The third-order valence-electron chi connectivity index (χ3n) is 5.40. The number of aromatic nitrogens is 1. The van der Waals surface area contributed by atoms with Crippen LogP contribution in [-0.4, -0.2) is 40.1 Å². The smallest absolute Gasteiger partial charge is 0.265 e. The predicted molar refractivity (Wildman–Crippen MR) is 107 cm³/mol. The number of hydrogen-bond donors (Lipinski definition) is 0. The summed E-state index contributed by atoms with van der Waals surface area (Å²) in [6.45, 7) is -0.795. The molecule has 0 unspecified atom stereocenters. The maximum atomic E-state index is 13.7. The fourth-order valence-corrected chi connectivity index (χ4v) is 3.67. The third-order valence-corrected chi connectivity index (χ3v) is 5.40. The number of Topliss-reactive ketones (excluding diaryl/α,β-unsaturated/α-hetero) is 1. The summed E-state index contributed by atoms with van der Waals surface area (Å²) in [5.41, 5.74) is 2.03. The monoisotopic (exact) mass is 429 g/mol. The highest BCUT2D eigenvalue weighted by Gasteiger charge is 2.42. The summed E-state index contributed by atoms with van der Waals surface area (Å²) < 4.78 is 40.4. The standard InChI is InChI=1S/C23H22F3N3O2/c24-18-5-2-16(3-6-18)1-4-17-14-28-12-10-20(17)21(30)7-8-22(31)29-15-23(25,26)11-9-19(29)13-27/h2-3,5-6,10,12,14,19H,1,4,7-9,11,15H2/t19-/m0/s1. The van der Waals surface area contributed by atoms with Gasteiger partial charge in [0.15, 0.2) is 5.78 Å². The minimum absolute atomic E-state index is 0.0823. The molecular formula is C23H22F3N3O2. The summed E-state index contributed by atoms with van der Waals surface area (Å²) in [5.74, 6) is -4.26. The first-order valence-electron chi connectivity index (χ1n) is 10.1. The van der Waals surface area contributed by atoms with Gasteiger partial charge in [-0.1, -0.05) is 12.1 Å². The van der Waals surface area contributed by atoms with Crippen LogP contribution in [0.25, 0.3) is 0 Å². The fourth-order valence-electron chi connectivity index (χ4n) is 3.67. The van der Waals surface area contributed by atoms with Gasteiger partial charge in [0.1, 0.15) is 11.9 Å². The highest BCUT2D eigenvalue weighted by Crippen LogP contribution is 2.30. The second-order valence-corrected chi connectivity index (χ2v) is 7.64. The van der Waals surface area contributed by atoms with Crippen molar-refractivity contribution in [3.8, 4) is 6.07 Å². The van der Waals surface area contributed by atoms with Crippen molar-refractivity contribution in [2.45, 2.75) is 50.5 Å². The van der Waals surface area contributed by atoms with Crippen LogP contribution in [-0.2, 0) is 17.6 Å². The number of carbonyl (C=O) groups is 2. The van der Waals surface area contributed by atoms with E-state index in [4.69, 9.17) is 5.26 Å². The SMILES string of the molecule is N#C[C@@H]1CCC(F)(F)CN1C(=O)CCC(=O)c1ccncc1CCc1ccc(F)cc1. The molecule has 1 aliphatic heterocycles. The minimum atomic E-state index is -3.02. The maximum absolute atomic E-state index is 13.7. The molecule has 1 saturated heterocycles. The van der Waals surface area contributed by atoms with Gasteiger partial charge < -0.3 is 4.90 Å². The Morgan fingerprint density at radius 3 is 2.61 bits per heavy atom. The lowest BCUT2D eigenvalue weighted by Crippen LogP contribution is -2.51. The molecule has 8 heteroatoms. The van der Waals surface area contributed by atoms with Crippen molar-refractivity contribution in [2.24, 2.45) is 0 Å². The number of likely N-dealkylation sites (tertiary alicyclic amines) is 1. The fraction of sp³-hybridized carbons (Fsp3) is 0.391. The van der Waals surface area contributed by atoms with E-state index in [-0.39, 0.29) is 30.9 Å². The van der Waals surface area contributed by atoms with Crippen LogP contribution in [0.2, 0.25) is 0 Å². The van der Waals surface area contributed by atoms with E-state index in [1.54, 1.807) is 24.4 Å². The van der Waals surface area contributed by atoms with E-state index in [2.05, 4.69) is 4.98 Å². The highest BCUT2D eigenvalue weighted by molar-refractivity contribution is 5.99. The maximum Gasteiger partial charge on any atom is 0.265 e. The van der Waals surface area contributed by atoms with Crippen molar-refractivity contribution < 1.29 is 22.8 Å². The molecule has 1 atom stereocenters. The van der Waals surface area contributed by atoms with Crippen LogP contribution < -0.4 is 0 Å². The van der Waals surface area contributed by atoms with Crippen molar-refractivity contribution in [1.29, 1.82) is 5.26 Å². The van der Waals surface area contributed by atoms with Crippen molar-refractivity contribution in [2.75, 3.05) is 6.54 Å². The molecule has 5 nitrogen and oxygen atoms in total. The molecule has 0 spiro atoms. The average Bonchev–Trinajstić information content (AvgIpc) is 2.76. The molecule has 1 fully saturated rings. The van der Waals surface area contributed by atoms with Gasteiger partial charge in [0.2, 0.25) is 5.91 Å². The molecule has 0 N–H and O–H groups in total. The lowest BCUT2D eigenvalue weighted by molar-refractivity contribution is -0.144. The number of ketones is 1. The van der Waals surface area contributed by atoms with E-state index < -0.39 is 30.8 Å². The Labute approximate surface area is 178 Å². The summed E-state index contributed by atoms with van der Waals surface area (Å²) in [6, 6.07) is 8.65. The Hall–Kier alpha value is -3.21. The Bertz CT molecular complexity index is 986. The molecule has 31 heavy (non-hydrogen) atoms. The Kier molecular flexibility index (Phi) is 7.06. The molecule has 0 saturated carbocycles. The average molecular weight is 429 g/mol.